The van der Waals surface area contributed by atoms with Crippen LogP contribution in [0.15, 0.2) is 54.6 Å². The molecule has 0 unspecified atom stereocenters. The summed E-state index contributed by atoms with van der Waals surface area (Å²) >= 11 is 6.16. The number of anilines is 1. The highest BCUT2D eigenvalue weighted by Crippen LogP contribution is 2.26. The first-order valence-electron chi connectivity index (χ1n) is 7.98. The zero-order chi connectivity index (χ0) is 19.1. The second-order valence-electron chi connectivity index (χ2n) is 5.73. The van der Waals surface area contributed by atoms with E-state index in [9.17, 15) is 10.1 Å². The first-order valence-corrected chi connectivity index (χ1v) is 8.36. The van der Waals surface area contributed by atoms with Gasteiger partial charge in [-0.3, -0.25) is 4.79 Å². The highest BCUT2D eigenvalue weighted by molar-refractivity contribution is 6.32. The Balaban J connectivity index is 2.21. The molecule has 132 valence electrons. The smallest absolute Gasteiger partial charge is 0.266 e. The number of nitrogens with one attached hydrogen (secondary N) is 1. The van der Waals surface area contributed by atoms with Crippen molar-refractivity contribution in [3.63, 3.8) is 0 Å². The summed E-state index contributed by atoms with van der Waals surface area (Å²) in [6, 6.07) is 12.7. The molecule has 0 bridgehead atoms. The lowest BCUT2D eigenvalue weighted by molar-refractivity contribution is -0.112. The molecule has 0 heterocycles. The fourth-order valence-corrected chi connectivity index (χ4v) is 2.57. The van der Waals surface area contributed by atoms with Gasteiger partial charge < -0.3 is 10.1 Å². The Morgan fingerprint density at radius 1 is 1.31 bits per heavy atom. The predicted molar refractivity (Wildman–Crippen MR) is 105 cm³/mol. The number of ether oxygens (including phenoxy) is 1. The molecule has 0 spiro atoms. The van der Waals surface area contributed by atoms with Gasteiger partial charge in [0, 0.05) is 5.69 Å². The molecule has 2 aromatic carbocycles. The summed E-state index contributed by atoms with van der Waals surface area (Å²) in [6.07, 6.45) is 3.11. The Morgan fingerprint density at radius 3 is 2.69 bits per heavy atom. The molecule has 1 amide bonds. The van der Waals surface area contributed by atoms with Crippen molar-refractivity contribution in [1.29, 1.82) is 5.26 Å². The average Bonchev–Trinajstić information content (AvgIpc) is 2.61. The van der Waals surface area contributed by atoms with Crippen LogP contribution in [0.1, 0.15) is 16.7 Å². The van der Waals surface area contributed by atoms with Crippen LogP contribution >= 0.6 is 11.6 Å². The largest absolute Gasteiger partial charge is 0.488 e. The van der Waals surface area contributed by atoms with E-state index in [4.69, 9.17) is 16.3 Å². The summed E-state index contributed by atoms with van der Waals surface area (Å²) in [5.41, 5.74) is 3.33. The van der Waals surface area contributed by atoms with Crippen molar-refractivity contribution in [1.82, 2.24) is 0 Å². The number of carbonyl (C=O) groups excluding carboxylic acids is 1. The van der Waals surface area contributed by atoms with Gasteiger partial charge >= 0.3 is 0 Å². The van der Waals surface area contributed by atoms with Crippen molar-refractivity contribution in [2.75, 3.05) is 11.9 Å². The van der Waals surface area contributed by atoms with Crippen LogP contribution in [-0.2, 0) is 4.79 Å². The monoisotopic (exact) mass is 366 g/mol. The zero-order valence-electron chi connectivity index (χ0n) is 14.7. The van der Waals surface area contributed by atoms with Crippen LogP contribution < -0.4 is 10.1 Å². The normalized spacial score (nSPS) is 10.8. The third-order valence-electron chi connectivity index (χ3n) is 3.62. The third kappa shape index (κ3) is 4.98. The highest BCUT2D eigenvalue weighted by Gasteiger charge is 2.11. The van der Waals surface area contributed by atoms with Gasteiger partial charge in [-0.1, -0.05) is 48.0 Å². The second kappa shape index (κ2) is 8.89. The molecule has 5 heteroatoms. The van der Waals surface area contributed by atoms with E-state index in [1.807, 2.05) is 38.1 Å². The van der Waals surface area contributed by atoms with E-state index in [2.05, 4.69) is 11.9 Å². The molecule has 2 rings (SSSR count). The van der Waals surface area contributed by atoms with Crippen molar-refractivity contribution in [2.24, 2.45) is 0 Å². The lowest BCUT2D eigenvalue weighted by Gasteiger charge is -2.09. The number of halogens is 1. The molecule has 0 saturated carbocycles. The maximum absolute atomic E-state index is 12.4. The van der Waals surface area contributed by atoms with Crippen molar-refractivity contribution < 1.29 is 9.53 Å². The van der Waals surface area contributed by atoms with Crippen LogP contribution in [0.4, 0.5) is 5.69 Å². The maximum atomic E-state index is 12.4. The van der Waals surface area contributed by atoms with E-state index in [0.717, 1.165) is 11.1 Å². The molecule has 0 aliphatic carbocycles. The number of aryl methyl sites for hydroxylation is 2. The van der Waals surface area contributed by atoms with Crippen molar-refractivity contribution in [3.8, 4) is 11.8 Å². The maximum Gasteiger partial charge on any atom is 0.266 e. The molecule has 4 nitrogen and oxygen atoms in total. The molecule has 26 heavy (non-hydrogen) atoms. The van der Waals surface area contributed by atoms with Gasteiger partial charge in [0.15, 0.2) is 0 Å². The molecule has 0 fully saturated rings. The van der Waals surface area contributed by atoms with E-state index < -0.39 is 5.91 Å². The van der Waals surface area contributed by atoms with Crippen LogP contribution in [0.5, 0.6) is 5.75 Å². The van der Waals surface area contributed by atoms with Gasteiger partial charge in [0.25, 0.3) is 5.91 Å². The number of carbonyl (C=O) groups is 1. The van der Waals surface area contributed by atoms with Crippen molar-refractivity contribution >= 4 is 29.3 Å². The summed E-state index contributed by atoms with van der Waals surface area (Å²) in [4.78, 5) is 12.4. The predicted octanol–water partition coefficient (Wildman–Crippen LogP) is 5.07. The number of amides is 1. The second-order valence-corrected chi connectivity index (χ2v) is 6.14. The van der Waals surface area contributed by atoms with E-state index >= 15 is 0 Å². The highest BCUT2D eigenvalue weighted by atomic mass is 35.5. The Hall–Kier alpha value is -3.03. The molecule has 0 radical (unpaired) electrons. The first kappa shape index (κ1) is 19.3. The molecule has 0 atom stereocenters. The zero-order valence-corrected chi connectivity index (χ0v) is 15.4. The summed E-state index contributed by atoms with van der Waals surface area (Å²) < 4.78 is 5.41. The Morgan fingerprint density at radius 2 is 2.08 bits per heavy atom. The van der Waals surface area contributed by atoms with Gasteiger partial charge in [-0.05, 0) is 49.2 Å². The van der Waals surface area contributed by atoms with Gasteiger partial charge in [0.2, 0.25) is 0 Å². The first-order chi connectivity index (χ1) is 12.4. The SMILES string of the molecule is C=CCOc1ccc(/C=C(\C#N)C(=O)Nc2ccc(C)cc2C)cc1Cl. The fourth-order valence-electron chi connectivity index (χ4n) is 2.33. The third-order valence-corrected chi connectivity index (χ3v) is 3.91. The van der Waals surface area contributed by atoms with Crippen LogP contribution in [-0.4, -0.2) is 12.5 Å². The topological polar surface area (TPSA) is 62.1 Å². The van der Waals surface area contributed by atoms with Crippen LogP contribution in [0, 0.1) is 25.2 Å². The molecule has 0 saturated heterocycles. The number of benzene rings is 2. The van der Waals surface area contributed by atoms with E-state index in [0.29, 0.717) is 28.6 Å². The Bertz CT molecular complexity index is 911. The van der Waals surface area contributed by atoms with Gasteiger partial charge in [-0.25, -0.2) is 0 Å². The fraction of sp³-hybridized carbons (Fsp3) is 0.143. The van der Waals surface area contributed by atoms with Crippen LogP contribution in [0.3, 0.4) is 0 Å². The minimum atomic E-state index is -0.470. The Kier molecular flexibility index (Phi) is 6.60. The van der Waals surface area contributed by atoms with Gasteiger partial charge in [-0.2, -0.15) is 5.26 Å². The Labute approximate surface area is 158 Å². The minimum Gasteiger partial charge on any atom is -0.488 e. The lowest BCUT2D eigenvalue weighted by atomic mass is 10.1. The lowest BCUT2D eigenvalue weighted by Crippen LogP contribution is -2.14. The van der Waals surface area contributed by atoms with E-state index in [1.165, 1.54) is 6.08 Å². The molecule has 1 N–H and O–H groups in total. The van der Waals surface area contributed by atoms with Crippen molar-refractivity contribution in [2.45, 2.75) is 13.8 Å². The van der Waals surface area contributed by atoms with E-state index in [1.54, 1.807) is 24.3 Å². The number of nitrogens with zero attached hydrogens (tertiary/aromatic N) is 1. The standard InChI is InChI=1S/C21H19ClN2O2/c1-4-9-26-20-8-6-16(12-18(20)22)11-17(13-23)21(25)24-19-7-5-14(2)10-15(19)3/h4-8,10-12H,1,9H2,2-3H3,(H,24,25)/b17-11+. The number of hydrogen-bond donors (Lipinski definition) is 1. The van der Waals surface area contributed by atoms with Crippen LogP contribution in [0.25, 0.3) is 6.08 Å². The number of nitriles is 1. The average molecular weight is 367 g/mol. The van der Waals surface area contributed by atoms with Crippen molar-refractivity contribution in [3.05, 3.63) is 76.3 Å². The summed E-state index contributed by atoms with van der Waals surface area (Å²) in [7, 11) is 0. The van der Waals surface area contributed by atoms with Gasteiger partial charge in [-0.15, -0.1) is 0 Å². The number of rotatable bonds is 6. The van der Waals surface area contributed by atoms with Gasteiger partial charge in [0.05, 0.1) is 5.02 Å². The quantitative estimate of drug-likeness (QED) is 0.441. The summed E-state index contributed by atoms with van der Waals surface area (Å²) in [6.45, 7) is 7.80. The summed E-state index contributed by atoms with van der Waals surface area (Å²) in [5, 5.41) is 12.5. The molecule has 2 aromatic rings. The molecular weight excluding hydrogens is 348 g/mol. The molecule has 0 aliphatic heterocycles. The molecule has 0 aromatic heterocycles. The van der Waals surface area contributed by atoms with E-state index in [-0.39, 0.29) is 5.57 Å². The van der Waals surface area contributed by atoms with Crippen LogP contribution in [0.2, 0.25) is 5.02 Å². The minimum absolute atomic E-state index is 0.0131. The molecule has 0 aliphatic rings. The number of hydrogen-bond acceptors (Lipinski definition) is 3. The summed E-state index contributed by atoms with van der Waals surface area (Å²) in [5.74, 6) is 0.0458. The molecular formula is C21H19ClN2O2. The van der Waals surface area contributed by atoms with Gasteiger partial charge in [0.1, 0.15) is 24.0 Å².